The Kier molecular flexibility index (Phi) is 3.20. The van der Waals surface area contributed by atoms with Crippen LogP contribution in [0.25, 0.3) is 0 Å². The van der Waals surface area contributed by atoms with E-state index in [0.29, 0.717) is 6.04 Å². The van der Waals surface area contributed by atoms with Crippen LogP contribution in [0, 0.1) is 11.8 Å². The lowest BCUT2D eigenvalue weighted by Gasteiger charge is -2.46. The number of fused-ring (bicyclic) bond motifs is 2. The van der Waals surface area contributed by atoms with Crippen molar-refractivity contribution in [2.75, 3.05) is 18.6 Å². The topological polar surface area (TPSA) is 29.3 Å². The van der Waals surface area contributed by atoms with Crippen LogP contribution < -0.4 is 5.73 Å². The van der Waals surface area contributed by atoms with E-state index in [-0.39, 0.29) is 0 Å². The van der Waals surface area contributed by atoms with Crippen LogP contribution in [0.4, 0.5) is 0 Å². The van der Waals surface area contributed by atoms with Crippen LogP contribution in [0.5, 0.6) is 0 Å². The van der Waals surface area contributed by atoms with E-state index in [2.05, 4.69) is 23.7 Å². The fourth-order valence-electron chi connectivity index (χ4n) is 4.31. The third kappa shape index (κ3) is 1.81. The largest absolute Gasteiger partial charge is 0.327 e. The monoisotopic (exact) mass is 240 g/mol. The molecule has 3 heterocycles. The van der Waals surface area contributed by atoms with Gasteiger partial charge >= 0.3 is 0 Å². The third-order valence-corrected chi connectivity index (χ3v) is 6.24. The number of piperidine rings is 1. The lowest BCUT2D eigenvalue weighted by Crippen LogP contribution is -2.55. The molecular weight excluding hydrogens is 216 g/mol. The molecule has 4 unspecified atom stereocenters. The van der Waals surface area contributed by atoms with Gasteiger partial charge in [-0.15, -0.1) is 0 Å². The first-order valence-corrected chi connectivity index (χ1v) is 7.98. The first kappa shape index (κ1) is 11.4. The molecule has 3 heteroatoms. The van der Waals surface area contributed by atoms with Gasteiger partial charge in [0.1, 0.15) is 0 Å². The molecule has 3 saturated heterocycles. The molecule has 0 saturated carbocycles. The summed E-state index contributed by atoms with van der Waals surface area (Å²) < 4.78 is 0. The molecule has 4 atom stereocenters. The number of rotatable bonds is 1. The van der Waals surface area contributed by atoms with Crippen molar-refractivity contribution < 1.29 is 0 Å². The molecule has 0 aromatic rings. The molecule has 3 aliphatic heterocycles. The SMILES string of the molecule is CN1C2CCC1C(C1CCSCC1)C(N)C2. The Morgan fingerprint density at radius 3 is 2.62 bits per heavy atom. The summed E-state index contributed by atoms with van der Waals surface area (Å²) in [5.41, 5.74) is 6.46. The summed E-state index contributed by atoms with van der Waals surface area (Å²) in [6.07, 6.45) is 6.88. The molecule has 2 N–H and O–H groups in total. The zero-order valence-electron chi connectivity index (χ0n) is 10.3. The van der Waals surface area contributed by atoms with E-state index >= 15 is 0 Å². The van der Waals surface area contributed by atoms with Crippen LogP contribution >= 0.6 is 11.8 Å². The van der Waals surface area contributed by atoms with Gasteiger partial charge in [-0.2, -0.15) is 11.8 Å². The molecule has 2 bridgehead atoms. The Morgan fingerprint density at radius 2 is 1.88 bits per heavy atom. The zero-order chi connectivity index (χ0) is 11.1. The van der Waals surface area contributed by atoms with E-state index in [1.807, 2.05) is 0 Å². The Labute approximate surface area is 103 Å². The van der Waals surface area contributed by atoms with E-state index in [0.717, 1.165) is 23.9 Å². The highest BCUT2D eigenvalue weighted by atomic mass is 32.2. The maximum Gasteiger partial charge on any atom is 0.0141 e. The summed E-state index contributed by atoms with van der Waals surface area (Å²) in [5, 5.41) is 0. The zero-order valence-corrected chi connectivity index (χ0v) is 11.1. The summed E-state index contributed by atoms with van der Waals surface area (Å²) in [7, 11) is 2.33. The van der Waals surface area contributed by atoms with Crippen molar-refractivity contribution in [1.29, 1.82) is 0 Å². The molecule has 2 nitrogen and oxygen atoms in total. The van der Waals surface area contributed by atoms with E-state index in [1.165, 1.54) is 43.6 Å². The number of hydrogen-bond donors (Lipinski definition) is 1. The number of thioether (sulfide) groups is 1. The maximum atomic E-state index is 6.46. The summed E-state index contributed by atoms with van der Waals surface area (Å²) in [6.45, 7) is 0. The number of nitrogens with two attached hydrogens (primary N) is 1. The van der Waals surface area contributed by atoms with Gasteiger partial charge in [-0.1, -0.05) is 0 Å². The van der Waals surface area contributed by atoms with Gasteiger partial charge < -0.3 is 10.6 Å². The summed E-state index contributed by atoms with van der Waals surface area (Å²) in [5.74, 6) is 4.45. The number of hydrogen-bond acceptors (Lipinski definition) is 3. The second kappa shape index (κ2) is 4.51. The van der Waals surface area contributed by atoms with Crippen LogP contribution in [0.1, 0.15) is 32.1 Å². The van der Waals surface area contributed by atoms with Crippen molar-refractivity contribution in [2.45, 2.75) is 50.2 Å². The fourth-order valence-corrected chi connectivity index (χ4v) is 5.45. The van der Waals surface area contributed by atoms with Gasteiger partial charge in [0.15, 0.2) is 0 Å². The molecule has 0 aromatic carbocycles. The highest BCUT2D eigenvalue weighted by Crippen LogP contribution is 2.44. The van der Waals surface area contributed by atoms with E-state index < -0.39 is 0 Å². The van der Waals surface area contributed by atoms with Crippen LogP contribution in [0.2, 0.25) is 0 Å². The van der Waals surface area contributed by atoms with Crippen molar-refractivity contribution in [3.05, 3.63) is 0 Å². The molecule has 3 fully saturated rings. The van der Waals surface area contributed by atoms with Crippen LogP contribution in [0.3, 0.4) is 0 Å². The molecular formula is C13H24N2S. The Bertz CT molecular complexity index is 252. The third-order valence-electron chi connectivity index (χ3n) is 5.19. The normalized spacial score (nSPS) is 46.1. The minimum atomic E-state index is 0.488. The molecule has 0 aromatic heterocycles. The fraction of sp³-hybridized carbons (Fsp3) is 1.00. The van der Waals surface area contributed by atoms with Gasteiger partial charge in [-0.3, -0.25) is 0 Å². The van der Waals surface area contributed by atoms with Crippen molar-refractivity contribution in [1.82, 2.24) is 4.90 Å². The Morgan fingerprint density at radius 1 is 1.12 bits per heavy atom. The average molecular weight is 240 g/mol. The summed E-state index contributed by atoms with van der Waals surface area (Å²) in [6, 6.07) is 2.10. The minimum absolute atomic E-state index is 0.488. The standard InChI is InChI=1S/C13H24N2S/c1-15-10-2-3-12(15)13(11(14)8-10)9-4-6-16-7-5-9/h9-13H,2-8,14H2,1H3. The lowest BCUT2D eigenvalue weighted by molar-refractivity contribution is 0.0619. The van der Waals surface area contributed by atoms with Gasteiger partial charge in [0.2, 0.25) is 0 Å². The van der Waals surface area contributed by atoms with E-state index in [4.69, 9.17) is 5.73 Å². The van der Waals surface area contributed by atoms with Crippen molar-refractivity contribution in [3.63, 3.8) is 0 Å². The van der Waals surface area contributed by atoms with E-state index in [9.17, 15) is 0 Å². The smallest absolute Gasteiger partial charge is 0.0141 e. The van der Waals surface area contributed by atoms with Gasteiger partial charge in [-0.25, -0.2) is 0 Å². The molecule has 0 radical (unpaired) electrons. The second-order valence-corrected chi connectivity index (χ2v) is 7.12. The highest BCUT2D eigenvalue weighted by Gasteiger charge is 2.46. The van der Waals surface area contributed by atoms with Gasteiger partial charge in [0, 0.05) is 18.1 Å². The van der Waals surface area contributed by atoms with E-state index in [1.54, 1.807) is 0 Å². The van der Waals surface area contributed by atoms with Gasteiger partial charge in [0.25, 0.3) is 0 Å². The quantitative estimate of drug-likeness (QED) is 0.759. The minimum Gasteiger partial charge on any atom is -0.327 e. The van der Waals surface area contributed by atoms with Gasteiger partial charge in [0.05, 0.1) is 0 Å². The number of nitrogens with zero attached hydrogens (tertiary/aromatic N) is 1. The Balaban J connectivity index is 1.76. The predicted molar refractivity (Wildman–Crippen MR) is 70.7 cm³/mol. The molecule has 0 amide bonds. The molecule has 0 spiro atoms. The van der Waals surface area contributed by atoms with Crippen molar-refractivity contribution in [3.8, 4) is 0 Å². The molecule has 92 valence electrons. The van der Waals surface area contributed by atoms with Gasteiger partial charge in [-0.05, 0) is 62.5 Å². The maximum absolute atomic E-state index is 6.46. The Hall–Kier alpha value is 0.270. The first-order valence-electron chi connectivity index (χ1n) is 6.82. The summed E-state index contributed by atoms with van der Waals surface area (Å²) in [4.78, 5) is 2.65. The molecule has 16 heavy (non-hydrogen) atoms. The first-order chi connectivity index (χ1) is 7.77. The van der Waals surface area contributed by atoms with Crippen LogP contribution in [0.15, 0.2) is 0 Å². The molecule has 0 aliphatic carbocycles. The van der Waals surface area contributed by atoms with Crippen LogP contribution in [-0.2, 0) is 0 Å². The van der Waals surface area contributed by atoms with Crippen molar-refractivity contribution >= 4 is 11.8 Å². The second-order valence-electron chi connectivity index (χ2n) is 5.89. The highest BCUT2D eigenvalue weighted by molar-refractivity contribution is 7.99. The average Bonchev–Trinajstić information content (AvgIpc) is 2.56. The molecule has 3 aliphatic rings. The molecule has 3 rings (SSSR count). The predicted octanol–water partition coefficient (Wildman–Crippen LogP) is 1.94. The summed E-state index contributed by atoms with van der Waals surface area (Å²) >= 11 is 2.13. The van der Waals surface area contributed by atoms with Crippen LogP contribution in [-0.4, -0.2) is 41.6 Å². The van der Waals surface area contributed by atoms with Crippen molar-refractivity contribution in [2.24, 2.45) is 17.6 Å². The lowest BCUT2D eigenvalue weighted by atomic mass is 9.74.